The molecule has 0 fully saturated rings. The van der Waals surface area contributed by atoms with Crippen LogP contribution in [0, 0.1) is 0 Å². The molecule has 2 aromatic rings. The summed E-state index contributed by atoms with van der Waals surface area (Å²) in [6.45, 7) is 2.94. The van der Waals surface area contributed by atoms with Gasteiger partial charge in [0.2, 0.25) is 0 Å². The van der Waals surface area contributed by atoms with Gasteiger partial charge in [0.25, 0.3) is 0 Å². The number of Topliss-reactive ketones (excluding diaryl/α,β-unsaturated/α-hetero) is 1. The Balaban J connectivity index is 1.99. The molecule has 0 saturated carbocycles. The molecule has 0 spiro atoms. The van der Waals surface area contributed by atoms with Gasteiger partial charge in [-0.05, 0) is 43.7 Å². The smallest absolute Gasteiger partial charge is 0.170 e. The number of fused-ring (bicyclic) bond motifs is 1. The van der Waals surface area contributed by atoms with Crippen LogP contribution in [0.5, 0.6) is 17.2 Å². The van der Waals surface area contributed by atoms with Crippen LogP contribution >= 0.6 is 0 Å². The standard InChI is InChI=1S/C20H22O6/c1-20(2,25)18(24)9-14-15(22)8-7-13-16(23)10-17(26-19(13)14)11-3-5-12(21)6-4-11/h3-8,17-18,21-22,24-25H,9-10H2,1-2H3/t17-,18-/m1/s1. The summed E-state index contributed by atoms with van der Waals surface area (Å²) in [6.07, 6.45) is -1.63. The van der Waals surface area contributed by atoms with Crippen molar-refractivity contribution in [2.45, 2.75) is 44.5 Å². The second-order valence-corrected chi connectivity index (χ2v) is 7.14. The fourth-order valence-corrected chi connectivity index (χ4v) is 2.95. The topological polar surface area (TPSA) is 107 Å². The molecule has 6 heteroatoms. The number of phenols is 2. The van der Waals surface area contributed by atoms with Crippen molar-refractivity contribution in [2.24, 2.45) is 0 Å². The SMILES string of the molecule is CC(C)(O)[C@H](O)Cc1c(O)ccc2c1O[C@@H](c1ccc(O)cc1)CC2=O. The highest BCUT2D eigenvalue weighted by molar-refractivity contribution is 6.00. The highest BCUT2D eigenvalue weighted by Gasteiger charge is 2.33. The Bertz CT molecular complexity index is 819. The van der Waals surface area contributed by atoms with E-state index in [4.69, 9.17) is 4.74 Å². The first kappa shape index (κ1) is 18.2. The van der Waals surface area contributed by atoms with Crippen molar-refractivity contribution in [3.05, 3.63) is 53.1 Å². The van der Waals surface area contributed by atoms with E-state index in [-0.39, 0.29) is 41.4 Å². The molecule has 1 aliphatic rings. The third-order valence-electron chi connectivity index (χ3n) is 4.64. The zero-order chi connectivity index (χ0) is 19.1. The van der Waals surface area contributed by atoms with Crippen LogP contribution in [0.25, 0.3) is 0 Å². The minimum atomic E-state index is -1.37. The van der Waals surface area contributed by atoms with Gasteiger partial charge in [-0.25, -0.2) is 0 Å². The molecular formula is C20H22O6. The maximum absolute atomic E-state index is 12.6. The summed E-state index contributed by atoms with van der Waals surface area (Å²) in [5, 5.41) is 39.9. The molecule has 1 heterocycles. The van der Waals surface area contributed by atoms with Gasteiger partial charge in [0.05, 0.1) is 23.7 Å². The van der Waals surface area contributed by atoms with Crippen LogP contribution in [0.3, 0.4) is 0 Å². The maximum atomic E-state index is 12.6. The van der Waals surface area contributed by atoms with Gasteiger partial charge >= 0.3 is 0 Å². The van der Waals surface area contributed by atoms with Crippen molar-refractivity contribution in [1.29, 1.82) is 0 Å². The van der Waals surface area contributed by atoms with Crippen LogP contribution in [-0.2, 0) is 6.42 Å². The predicted molar refractivity (Wildman–Crippen MR) is 94.5 cm³/mol. The average molecular weight is 358 g/mol. The Morgan fingerprint density at radius 2 is 1.81 bits per heavy atom. The molecule has 2 aromatic carbocycles. The van der Waals surface area contributed by atoms with Crippen molar-refractivity contribution in [3.63, 3.8) is 0 Å². The van der Waals surface area contributed by atoms with E-state index >= 15 is 0 Å². The Hall–Kier alpha value is -2.57. The molecule has 0 unspecified atom stereocenters. The molecule has 138 valence electrons. The zero-order valence-corrected chi connectivity index (χ0v) is 14.6. The fourth-order valence-electron chi connectivity index (χ4n) is 2.95. The third-order valence-corrected chi connectivity index (χ3v) is 4.64. The average Bonchev–Trinajstić information content (AvgIpc) is 2.57. The van der Waals surface area contributed by atoms with E-state index in [0.717, 1.165) is 5.56 Å². The van der Waals surface area contributed by atoms with Crippen molar-refractivity contribution in [1.82, 2.24) is 0 Å². The molecule has 0 amide bonds. The predicted octanol–water partition coefficient (Wildman–Crippen LogP) is 2.48. The largest absolute Gasteiger partial charge is 0.508 e. The van der Waals surface area contributed by atoms with Gasteiger partial charge in [0.1, 0.15) is 23.4 Å². The van der Waals surface area contributed by atoms with Gasteiger partial charge in [0.15, 0.2) is 5.78 Å². The lowest BCUT2D eigenvalue weighted by molar-refractivity contribution is -0.0474. The van der Waals surface area contributed by atoms with E-state index in [9.17, 15) is 25.2 Å². The van der Waals surface area contributed by atoms with Crippen molar-refractivity contribution >= 4 is 5.78 Å². The Morgan fingerprint density at radius 3 is 2.42 bits per heavy atom. The van der Waals surface area contributed by atoms with Crippen LogP contribution in [0.15, 0.2) is 36.4 Å². The number of carbonyl (C=O) groups excluding carboxylic acids is 1. The molecule has 0 radical (unpaired) electrons. The van der Waals surface area contributed by atoms with E-state index in [0.29, 0.717) is 5.56 Å². The number of hydrogen-bond acceptors (Lipinski definition) is 6. The summed E-state index contributed by atoms with van der Waals surface area (Å²) in [5.41, 5.74) is -0.0200. The number of hydrogen-bond donors (Lipinski definition) is 4. The highest BCUT2D eigenvalue weighted by atomic mass is 16.5. The summed E-state index contributed by atoms with van der Waals surface area (Å²) in [4.78, 5) is 12.6. The molecule has 1 aliphatic heterocycles. The second kappa shape index (κ2) is 6.63. The van der Waals surface area contributed by atoms with E-state index < -0.39 is 17.8 Å². The minimum Gasteiger partial charge on any atom is -0.508 e. The van der Waals surface area contributed by atoms with E-state index in [1.807, 2.05) is 0 Å². The van der Waals surface area contributed by atoms with Gasteiger partial charge in [-0.15, -0.1) is 0 Å². The number of aliphatic hydroxyl groups is 2. The summed E-state index contributed by atoms with van der Waals surface area (Å²) < 4.78 is 6.00. The highest BCUT2D eigenvalue weighted by Crippen LogP contribution is 2.41. The Kier molecular flexibility index (Phi) is 4.64. The summed E-state index contributed by atoms with van der Waals surface area (Å²) in [7, 11) is 0. The normalized spacial score (nSPS) is 18.2. The number of benzene rings is 2. The van der Waals surface area contributed by atoms with Gasteiger partial charge in [0, 0.05) is 12.0 Å². The molecule has 3 rings (SSSR count). The molecule has 0 aliphatic carbocycles. The van der Waals surface area contributed by atoms with Crippen LogP contribution in [0.2, 0.25) is 0 Å². The van der Waals surface area contributed by atoms with Crippen LogP contribution in [0.4, 0.5) is 0 Å². The Labute approximate surface area is 151 Å². The van der Waals surface area contributed by atoms with Crippen molar-refractivity contribution in [2.75, 3.05) is 0 Å². The molecule has 2 atom stereocenters. The third kappa shape index (κ3) is 3.52. The molecule has 0 bridgehead atoms. The van der Waals surface area contributed by atoms with Gasteiger partial charge in [-0.1, -0.05) is 12.1 Å². The zero-order valence-electron chi connectivity index (χ0n) is 14.6. The summed E-state index contributed by atoms with van der Waals surface area (Å²) in [6, 6.07) is 9.27. The number of aromatic hydroxyl groups is 2. The molecule has 4 N–H and O–H groups in total. The number of carbonyl (C=O) groups is 1. The second-order valence-electron chi connectivity index (χ2n) is 7.14. The molecule has 26 heavy (non-hydrogen) atoms. The lowest BCUT2D eigenvalue weighted by Gasteiger charge is -2.30. The number of phenolic OH excluding ortho intramolecular Hbond substituents is 2. The number of ketones is 1. The number of ether oxygens (including phenoxy) is 1. The summed E-state index contributed by atoms with van der Waals surface area (Å²) in [5.74, 6) is 0.0973. The first-order valence-corrected chi connectivity index (χ1v) is 8.41. The minimum absolute atomic E-state index is 0.0614. The van der Waals surface area contributed by atoms with Crippen molar-refractivity contribution in [3.8, 4) is 17.2 Å². The fraction of sp³-hybridized carbons (Fsp3) is 0.350. The van der Waals surface area contributed by atoms with Crippen molar-refractivity contribution < 1.29 is 30.0 Å². The monoisotopic (exact) mass is 358 g/mol. The Morgan fingerprint density at radius 1 is 1.15 bits per heavy atom. The van der Waals surface area contributed by atoms with E-state index in [2.05, 4.69) is 0 Å². The first-order valence-electron chi connectivity index (χ1n) is 8.41. The lowest BCUT2D eigenvalue weighted by atomic mass is 9.90. The lowest BCUT2D eigenvalue weighted by Crippen LogP contribution is -2.37. The van der Waals surface area contributed by atoms with Crippen LogP contribution in [-0.4, -0.2) is 37.9 Å². The van der Waals surface area contributed by atoms with Crippen LogP contribution < -0.4 is 4.74 Å². The summed E-state index contributed by atoms with van der Waals surface area (Å²) >= 11 is 0. The van der Waals surface area contributed by atoms with Gasteiger partial charge < -0.3 is 25.2 Å². The van der Waals surface area contributed by atoms with Gasteiger partial charge in [-0.2, -0.15) is 0 Å². The van der Waals surface area contributed by atoms with Crippen LogP contribution in [0.1, 0.15) is 47.9 Å². The molecule has 0 saturated heterocycles. The molecule has 0 aromatic heterocycles. The first-order chi connectivity index (χ1) is 12.2. The molecular weight excluding hydrogens is 336 g/mol. The van der Waals surface area contributed by atoms with E-state index in [1.54, 1.807) is 12.1 Å². The molecule has 6 nitrogen and oxygen atoms in total. The number of rotatable bonds is 4. The maximum Gasteiger partial charge on any atom is 0.170 e. The van der Waals surface area contributed by atoms with Gasteiger partial charge in [-0.3, -0.25) is 4.79 Å². The number of aliphatic hydroxyl groups excluding tert-OH is 1. The van der Waals surface area contributed by atoms with E-state index in [1.165, 1.54) is 38.1 Å². The quantitative estimate of drug-likeness (QED) is 0.669.